The fraction of sp³-hybridized carbons (Fsp3) is 0.250. The van der Waals surface area contributed by atoms with Crippen LogP contribution in [0.2, 0.25) is 0 Å². The number of hydrogen-bond donors (Lipinski definition) is 2. The van der Waals surface area contributed by atoms with Crippen LogP contribution in [0.1, 0.15) is 25.0 Å². The number of ether oxygens (including phenoxy) is 1. The lowest BCUT2D eigenvalue weighted by Crippen LogP contribution is -2.40. The molecule has 1 fully saturated rings. The highest BCUT2D eigenvalue weighted by Gasteiger charge is 2.44. The molecule has 0 atom stereocenters. The zero-order chi connectivity index (χ0) is 19.4. The summed E-state index contributed by atoms with van der Waals surface area (Å²) in [6, 6.07) is 14.7. The minimum Gasteiger partial charge on any atom is -0.496 e. The molecule has 0 spiro atoms. The summed E-state index contributed by atoms with van der Waals surface area (Å²) in [7, 11) is 1.55. The van der Waals surface area contributed by atoms with E-state index >= 15 is 0 Å². The van der Waals surface area contributed by atoms with Gasteiger partial charge in [-0.2, -0.15) is 5.10 Å². The molecule has 2 N–H and O–H groups in total. The Morgan fingerprint density at radius 2 is 1.93 bits per heavy atom. The highest BCUT2D eigenvalue weighted by Crippen LogP contribution is 2.25. The summed E-state index contributed by atoms with van der Waals surface area (Å²) in [6.07, 6.45) is 1.67. The number of para-hydroxylation sites is 1. The number of imide groups is 1. The summed E-state index contributed by atoms with van der Waals surface area (Å²) in [5.41, 5.74) is 4.47. The van der Waals surface area contributed by atoms with Crippen LogP contribution in [-0.4, -0.2) is 35.7 Å². The monoisotopic (exact) mass is 366 g/mol. The average Bonchev–Trinajstić information content (AvgIpc) is 2.84. The quantitative estimate of drug-likeness (QED) is 0.468. The summed E-state index contributed by atoms with van der Waals surface area (Å²) in [5, 5.41) is 6.90. The molecular formula is C20H22N4O3. The van der Waals surface area contributed by atoms with E-state index in [2.05, 4.69) is 15.8 Å². The SMILES string of the molecule is COc1ccc(C=NNc2ccccc2)cc1CN1C(=O)NC(C)(C)C1=O. The molecule has 0 bridgehead atoms. The number of hydrogen-bond acceptors (Lipinski definition) is 5. The molecule has 0 saturated carbocycles. The molecule has 27 heavy (non-hydrogen) atoms. The summed E-state index contributed by atoms with van der Waals surface area (Å²) in [6.45, 7) is 3.50. The van der Waals surface area contributed by atoms with Crippen molar-refractivity contribution in [3.63, 3.8) is 0 Å². The van der Waals surface area contributed by atoms with Crippen LogP contribution in [0.25, 0.3) is 0 Å². The zero-order valence-electron chi connectivity index (χ0n) is 15.5. The number of carbonyl (C=O) groups excluding carboxylic acids is 2. The predicted molar refractivity (Wildman–Crippen MR) is 104 cm³/mol. The van der Waals surface area contributed by atoms with E-state index in [0.717, 1.165) is 16.8 Å². The smallest absolute Gasteiger partial charge is 0.325 e. The van der Waals surface area contributed by atoms with E-state index in [0.29, 0.717) is 5.75 Å². The molecule has 1 aliphatic rings. The Kier molecular flexibility index (Phi) is 5.12. The van der Waals surface area contributed by atoms with Crippen molar-refractivity contribution < 1.29 is 14.3 Å². The molecule has 2 aromatic rings. The highest BCUT2D eigenvalue weighted by molar-refractivity contribution is 6.06. The highest BCUT2D eigenvalue weighted by atomic mass is 16.5. The number of nitrogens with one attached hydrogen (secondary N) is 2. The first-order chi connectivity index (χ1) is 12.9. The van der Waals surface area contributed by atoms with Gasteiger partial charge in [0.2, 0.25) is 0 Å². The first kappa shape index (κ1) is 18.4. The van der Waals surface area contributed by atoms with E-state index in [-0.39, 0.29) is 12.5 Å². The zero-order valence-corrected chi connectivity index (χ0v) is 15.5. The Morgan fingerprint density at radius 1 is 1.19 bits per heavy atom. The van der Waals surface area contributed by atoms with Crippen LogP contribution in [-0.2, 0) is 11.3 Å². The Hall–Kier alpha value is -3.35. The van der Waals surface area contributed by atoms with E-state index in [1.807, 2.05) is 42.5 Å². The second kappa shape index (κ2) is 7.49. The van der Waals surface area contributed by atoms with E-state index in [1.165, 1.54) is 4.90 Å². The second-order valence-electron chi connectivity index (χ2n) is 6.75. The van der Waals surface area contributed by atoms with Crippen molar-refractivity contribution >= 4 is 23.8 Å². The lowest BCUT2D eigenvalue weighted by atomic mass is 10.1. The standard InChI is InChI=1S/C20H22N4O3/c1-20(2)18(25)24(19(26)22-20)13-15-11-14(9-10-17(15)27-3)12-21-23-16-7-5-4-6-8-16/h4-12,23H,13H2,1-3H3,(H,22,26). The van der Waals surface area contributed by atoms with Crippen molar-refractivity contribution in [3.8, 4) is 5.75 Å². The molecule has 0 radical (unpaired) electrons. The normalized spacial score (nSPS) is 15.9. The Bertz CT molecular complexity index is 878. The number of methoxy groups -OCH3 is 1. The van der Waals surface area contributed by atoms with Gasteiger partial charge in [0.15, 0.2) is 0 Å². The number of benzene rings is 2. The van der Waals surface area contributed by atoms with Crippen LogP contribution < -0.4 is 15.5 Å². The van der Waals surface area contributed by atoms with E-state index in [1.54, 1.807) is 33.2 Å². The summed E-state index contributed by atoms with van der Waals surface area (Å²) < 4.78 is 5.38. The van der Waals surface area contributed by atoms with E-state index in [9.17, 15) is 9.59 Å². The Labute approximate surface area is 158 Å². The maximum Gasteiger partial charge on any atom is 0.325 e. The van der Waals surface area contributed by atoms with Gasteiger partial charge in [0, 0.05) is 5.56 Å². The van der Waals surface area contributed by atoms with Gasteiger partial charge in [-0.1, -0.05) is 18.2 Å². The molecule has 0 aliphatic carbocycles. The topological polar surface area (TPSA) is 83.0 Å². The van der Waals surface area contributed by atoms with Crippen LogP contribution in [0, 0.1) is 0 Å². The maximum absolute atomic E-state index is 12.4. The van der Waals surface area contributed by atoms with Crippen molar-refractivity contribution in [3.05, 3.63) is 59.7 Å². The number of rotatable bonds is 6. The van der Waals surface area contributed by atoms with Crippen molar-refractivity contribution in [1.82, 2.24) is 10.2 Å². The molecule has 7 nitrogen and oxygen atoms in total. The second-order valence-corrected chi connectivity index (χ2v) is 6.75. The minimum absolute atomic E-state index is 0.130. The van der Waals surface area contributed by atoms with Gasteiger partial charge < -0.3 is 10.1 Å². The summed E-state index contributed by atoms with van der Waals surface area (Å²) in [5.74, 6) is 0.341. The molecule has 3 rings (SSSR count). The number of urea groups is 1. The van der Waals surface area contributed by atoms with Crippen molar-refractivity contribution in [2.45, 2.75) is 25.9 Å². The number of hydrazone groups is 1. The lowest BCUT2D eigenvalue weighted by molar-refractivity contribution is -0.130. The average molecular weight is 366 g/mol. The van der Waals surface area contributed by atoms with Crippen LogP contribution in [0.4, 0.5) is 10.5 Å². The number of carbonyl (C=O) groups is 2. The van der Waals surface area contributed by atoms with Crippen LogP contribution in [0.3, 0.4) is 0 Å². The number of anilines is 1. The minimum atomic E-state index is -0.900. The molecular weight excluding hydrogens is 344 g/mol. The number of nitrogens with zero attached hydrogens (tertiary/aromatic N) is 2. The van der Waals surface area contributed by atoms with Gasteiger partial charge in [0.05, 0.1) is 25.6 Å². The Morgan fingerprint density at radius 3 is 2.56 bits per heavy atom. The van der Waals surface area contributed by atoms with Gasteiger partial charge in [-0.05, 0) is 49.7 Å². The molecule has 2 aromatic carbocycles. The molecule has 1 aliphatic heterocycles. The van der Waals surface area contributed by atoms with Crippen molar-refractivity contribution in [2.75, 3.05) is 12.5 Å². The van der Waals surface area contributed by atoms with E-state index < -0.39 is 11.6 Å². The van der Waals surface area contributed by atoms with Gasteiger partial charge >= 0.3 is 6.03 Å². The molecule has 0 aromatic heterocycles. The first-order valence-corrected chi connectivity index (χ1v) is 8.56. The maximum atomic E-state index is 12.4. The van der Waals surface area contributed by atoms with Crippen LogP contribution in [0.15, 0.2) is 53.6 Å². The molecule has 7 heteroatoms. The molecule has 1 saturated heterocycles. The molecule has 1 heterocycles. The largest absolute Gasteiger partial charge is 0.496 e. The summed E-state index contributed by atoms with van der Waals surface area (Å²) >= 11 is 0. The van der Waals surface area contributed by atoms with Crippen LogP contribution in [0.5, 0.6) is 5.75 Å². The first-order valence-electron chi connectivity index (χ1n) is 8.56. The van der Waals surface area contributed by atoms with Gasteiger partial charge in [0.1, 0.15) is 11.3 Å². The molecule has 3 amide bonds. The Balaban J connectivity index is 1.78. The predicted octanol–water partition coefficient (Wildman–Crippen LogP) is 2.97. The van der Waals surface area contributed by atoms with Crippen molar-refractivity contribution in [1.29, 1.82) is 0 Å². The third kappa shape index (κ3) is 4.08. The lowest BCUT2D eigenvalue weighted by Gasteiger charge is -2.17. The third-order valence-corrected chi connectivity index (χ3v) is 4.26. The van der Waals surface area contributed by atoms with Crippen LogP contribution >= 0.6 is 0 Å². The molecule has 140 valence electrons. The van der Waals surface area contributed by atoms with Gasteiger partial charge in [-0.25, -0.2) is 4.79 Å². The number of amides is 3. The fourth-order valence-corrected chi connectivity index (χ4v) is 2.83. The fourth-order valence-electron chi connectivity index (χ4n) is 2.83. The van der Waals surface area contributed by atoms with E-state index in [4.69, 9.17) is 4.74 Å². The third-order valence-electron chi connectivity index (χ3n) is 4.26. The van der Waals surface area contributed by atoms with Gasteiger partial charge in [0.25, 0.3) is 5.91 Å². The summed E-state index contributed by atoms with van der Waals surface area (Å²) in [4.78, 5) is 25.8. The van der Waals surface area contributed by atoms with Crippen molar-refractivity contribution in [2.24, 2.45) is 5.10 Å². The van der Waals surface area contributed by atoms with Gasteiger partial charge in [-0.3, -0.25) is 15.1 Å². The van der Waals surface area contributed by atoms with Gasteiger partial charge in [-0.15, -0.1) is 0 Å². The molecule has 0 unspecified atom stereocenters.